The molecule has 0 unspecified atom stereocenters. The highest BCUT2D eigenvalue weighted by molar-refractivity contribution is 5.86. The summed E-state index contributed by atoms with van der Waals surface area (Å²) in [6.45, 7) is 7.12. The molecule has 37 heavy (non-hydrogen) atoms. The second kappa shape index (κ2) is 10.5. The van der Waals surface area contributed by atoms with Gasteiger partial charge in [-0.25, -0.2) is 4.68 Å². The molecule has 0 spiro atoms. The Balaban J connectivity index is 1.29. The molecular formula is C29H33N5O3. The lowest BCUT2D eigenvalue weighted by atomic mass is 10.0. The van der Waals surface area contributed by atoms with Gasteiger partial charge in [-0.2, -0.15) is 10.1 Å². The van der Waals surface area contributed by atoms with Crippen LogP contribution in [0.2, 0.25) is 0 Å². The van der Waals surface area contributed by atoms with Crippen LogP contribution in [-0.2, 0) is 11.2 Å². The predicted molar refractivity (Wildman–Crippen MR) is 145 cm³/mol. The fraction of sp³-hybridized carbons (Fsp3) is 0.345. The lowest BCUT2D eigenvalue weighted by molar-refractivity contribution is -0.131. The van der Waals surface area contributed by atoms with Crippen LogP contribution in [0, 0.1) is 13.8 Å². The molecule has 8 nitrogen and oxygen atoms in total. The zero-order valence-electron chi connectivity index (χ0n) is 21.9. The van der Waals surface area contributed by atoms with Gasteiger partial charge in [-0.05, 0) is 62.2 Å². The molecule has 1 saturated heterocycles. The standard InChI is InChI=1S/C29H33N5O3/c1-20-25(29(37-4)30-28-27(20)21(2)31-34(28)23-8-6-5-7-9-23)14-15-26(35)33-18-16-32(17-19-33)22-10-12-24(36-3)13-11-22/h5-13H,14-19H2,1-4H3. The zero-order valence-corrected chi connectivity index (χ0v) is 21.9. The molecule has 3 heterocycles. The summed E-state index contributed by atoms with van der Waals surface area (Å²) in [5.74, 6) is 1.56. The summed E-state index contributed by atoms with van der Waals surface area (Å²) < 4.78 is 12.8. The van der Waals surface area contributed by atoms with Gasteiger partial charge in [-0.3, -0.25) is 4.79 Å². The number of ether oxygens (including phenoxy) is 2. The summed E-state index contributed by atoms with van der Waals surface area (Å²) in [5.41, 5.74) is 5.82. The molecule has 8 heteroatoms. The van der Waals surface area contributed by atoms with Gasteiger partial charge in [0.25, 0.3) is 0 Å². The Morgan fingerprint density at radius 2 is 1.59 bits per heavy atom. The average Bonchev–Trinajstić information content (AvgIpc) is 3.29. The van der Waals surface area contributed by atoms with Crippen LogP contribution in [0.25, 0.3) is 16.7 Å². The van der Waals surface area contributed by atoms with E-state index in [0.29, 0.717) is 31.8 Å². The lowest BCUT2D eigenvalue weighted by Crippen LogP contribution is -2.48. The molecule has 0 aliphatic carbocycles. The number of piperazine rings is 1. The number of carbonyl (C=O) groups is 1. The molecule has 1 aliphatic rings. The third kappa shape index (κ3) is 4.83. The van der Waals surface area contributed by atoms with E-state index >= 15 is 0 Å². The third-order valence-electron chi connectivity index (χ3n) is 7.18. The maximum atomic E-state index is 13.1. The fourth-order valence-corrected chi connectivity index (χ4v) is 5.14. The van der Waals surface area contributed by atoms with Crippen molar-refractivity contribution in [2.24, 2.45) is 0 Å². The van der Waals surface area contributed by atoms with E-state index in [2.05, 4.69) is 24.0 Å². The van der Waals surface area contributed by atoms with Gasteiger partial charge in [0.05, 0.1) is 25.6 Å². The SMILES string of the molecule is COc1ccc(N2CCN(C(=O)CCc3c(OC)nc4c(c(C)nn4-c4ccccc4)c3C)CC2)cc1. The van der Waals surface area contributed by atoms with E-state index in [-0.39, 0.29) is 5.91 Å². The van der Waals surface area contributed by atoms with E-state index in [1.807, 2.05) is 59.0 Å². The largest absolute Gasteiger partial charge is 0.497 e. The number of rotatable bonds is 7. The van der Waals surface area contributed by atoms with Crippen LogP contribution in [0.4, 0.5) is 5.69 Å². The number of methoxy groups -OCH3 is 2. The minimum atomic E-state index is 0.160. The number of aryl methyl sites for hydroxylation is 2. The molecule has 4 aromatic rings. The highest BCUT2D eigenvalue weighted by atomic mass is 16.5. The Morgan fingerprint density at radius 3 is 2.24 bits per heavy atom. The molecule has 0 radical (unpaired) electrons. The summed E-state index contributed by atoms with van der Waals surface area (Å²) in [6, 6.07) is 18.0. The van der Waals surface area contributed by atoms with E-state index in [1.165, 1.54) is 0 Å². The normalized spacial score (nSPS) is 13.7. The molecule has 0 N–H and O–H groups in total. The fourth-order valence-electron chi connectivity index (χ4n) is 5.14. The van der Waals surface area contributed by atoms with Crippen molar-refractivity contribution < 1.29 is 14.3 Å². The van der Waals surface area contributed by atoms with Crippen LogP contribution < -0.4 is 14.4 Å². The molecular weight excluding hydrogens is 466 g/mol. The van der Waals surface area contributed by atoms with Gasteiger partial charge in [0.2, 0.25) is 11.8 Å². The number of hydrogen-bond donors (Lipinski definition) is 0. The van der Waals surface area contributed by atoms with Gasteiger partial charge in [-0.15, -0.1) is 0 Å². The third-order valence-corrected chi connectivity index (χ3v) is 7.18. The van der Waals surface area contributed by atoms with Crippen molar-refractivity contribution in [3.63, 3.8) is 0 Å². The van der Waals surface area contributed by atoms with Crippen molar-refractivity contribution in [1.29, 1.82) is 0 Å². The maximum Gasteiger partial charge on any atom is 0.223 e. The summed E-state index contributed by atoms with van der Waals surface area (Å²) in [5, 5.41) is 5.77. The van der Waals surface area contributed by atoms with Crippen LogP contribution in [-0.4, -0.2) is 66.0 Å². The number of aromatic nitrogens is 3. The monoisotopic (exact) mass is 499 g/mol. The number of para-hydroxylation sites is 1. The number of carbonyl (C=O) groups excluding carboxylic acids is 1. The Kier molecular flexibility index (Phi) is 6.99. The Morgan fingerprint density at radius 1 is 0.892 bits per heavy atom. The highest BCUT2D eigenvalue weighted by Crippen LogP contribution is 2.32. The maximum absolute atomic E-state index is 13.1. The second-order valence-corrected chi connectivity index (χ2v) is 9.32. The quantitative estimate of drug-likeness (QED) is 0.377. The van der Waals surface area contributed by atoms with Gasteiger partial charge in [0, 0.05) is 49.2 Å². The first-order valence-electron chi connectivity index (χ1n) is 12.6. The van der Waals surface area contributed by atoms with Gasteiger partial charge < -0.3 is 19.3 Å². The number of nitrogens with zero attached hydrogens (tertiary/aromatic N) is 5. The molecule has 0 atom stereocenters. The first-order valence-corrected chi connectivity index (χ1v) is 12.6. The zero-order chi connectivity index (χ0) is 25.9. The Hall–Kier alpha value is -4.07. The summed E-state index contributed by atoms with van der Waals surface area (Å²) in [4.78, 5) is 22.2. The van der Waals surface area contributed by atoms with Crippen LogP contribution in [0.1, 0.15) is 23.2 Å². The molecule has 1 aliphatic heterocycles. The van der Waals surface area contributed by atoms with Crippen LogP contribution in [0.15, 0.2) is 54.6 Å². The molecule has 1 fully saturated rings. The average molecular weight is 500 g/mol. The minimum absolute atomic E-state index is 0.160. The van der Waals surface area contributed by atoms with Crippen molar-refractivity contribution in [2.45, 2.75) is 26.7 Å². The van der Waals surface area contributed by atoms with E-state index in [9.17, 15) is 4.79 Å². The van der Waals surface area contributed by atoms with Crippen molar-refractivity contribution in [3.05, 3.63) is 71.4 Å². The molecule has 5 rings (SSSR count). The summed E-state index contributed by atoms with van der Waals surface area (Å²) in [6.07, 6.45) is 0.990. The number of hydrogen-bond acceptors (Lipinski definition) is 6. The van der Waals surface area contributed by atoms with Crippen LogP contribution >= 0.6 is 0 Å². The van der Waals surface area contributed by atoms with E-state index < -0.39 is 0 Å². The van der Waals surface area contributed by atoms with Crippen molar-refractivity contribution in [1.82, 2.24) is 19.7 Å². The van der Waals surface area contributed by atoms with Crippen molar-refractivity contribution >= 4 is 22.6 Å². The van der Waals surface area contributed by atoms with Crippen molar-refractivity contribution in [3.8, 4) is 17.3 Å². The van der Waals surface area contributed by atoms with Gasteiger partial charge in [-0.1, -0.05) is 18.2 Å². The molecule has 0 saturated carbocycles. The molecule has 192 valence electrons. The van der Waals surface area contributed by atoms with Gasteiger partial charge in [0.1, 0.15) is 5.75 Å². The molecule has 2 aromatic carbocycles. The predicted octanol–water partition coefficient (Wildman–Crippen LogP) is 4.34. The number of benzene rings is 2. The van der Waals surface area contributed by atoms with Crippen LogP contribution in [0.3, 0.4) is 0 Å². The van der Waals surface area contributed by atoms with Crippen molar-refractivity contribution in [2.75, 3.05) is 45.3 Å². The van der Waals surface area contributed by atoms with E-state index in [0.717, 1.165) is 58.1 Å². The number of anilines is 1. The Bertz CT molecular complexity index is 1390. The first kappa shape index (κ1) is 24.6. The highest BCUT2D eigenvalue weighted by Gasteiger charge is 2.24. The Labute approximate surface area is 217 Å². The number of amides is 1. The molecule has 2 aromatic heterocycles. The number of pyridine rings is 1. The summed E-state index contributed by atoms with van der Waals surface area (Å²) >= 11 is 0. The molecule has 0 bridgehead atoms. The van der Waals surface area contributed by atoms with E-state index in [1.54, 1.807) is 14.2 Å². The topological polar surface area (TPSA) is 72.7 Å². The van der Waals surface area contributed by atoms with Gasteiger partial charge >= 0.3 is 0 Å². The second-order valence-electron chi connectivity index (χ2n) is 9.32. The van der Waals surface area contributed by atoms with Gasteiger partial charge in [0.15, 0.2) is 5.65 Å². The summed E-state index contributed by atoms with van der Waals surface area (Å²) in [7, 11) is 3.30. The van der Waals surface area contributed by atoms with Crippen LogP contribution in [0.5, 0.6) is 11.6 Å². The number of fused-ring (bicyclic) bond motifs is 1. The lowest BCUT2D eigenvalue weighted by Gasteiger charge is -2.36. The minimum Gasteiger partial charge on any atom is -0.497 e. The smallest absolute Gasteiger partial charge is 0.223 e. The molecule has 1 amide bonds. The van der Waals surface area contributed by atoms with E-state index in [4.69, 9.17) is 19.6 Å². The first-order chi connectivity index (χ1) is 18.0.